The Bertz CT molecular complexity index is 968. The molecule has 1 N–H and O–H groups in total. The molecule has 4 heteroatoms. The number of nitrogens with one attached hydrogen (secondary N) is 1. The van der Waals surface area contributed by atoms with Crippen molar-refractivity contribution in [2.45, 2.75) is 19.2 Å². The Labute approximate surface area is 171 Å². The van der Waals surface area contributed by atoms with Crippen LogP contribution in [0.5, 0.6) is 5.75 Å². The highest BCUT2D eigenvalue weighted by Gasteiger charge is 2.14. The molecule has 0 saturated heterocycles. The van der Waals surface area contributed by atoms with Gasteiger partial charge in [0.05, 0.1) is 6.04 Å². The molecule has 0 aliphatic heterocycles. The van der Waals surface area contributed by atoms with E-state index in [0.717, 1.165) is 16.9 Å². The molecule has 0 aliphatic rings. The van der Waals surface area contributed by atoms with Crippen molar-refractivity contribution in [1.82, 2.24) is 15.3 Å². The fraction of sp³-hybridized carbons (Fsp3) is 0.120. The van der Waals surface area contributed by atoms with Crippen molar-refractivity contribution in [2.75, 3.05) is 0 Å². The zero-order valence-corrected chi connectivity index (χ0v) is 16.1. The molecular weight excluding hydrogens is 358 g/mol. The summed E-state index contributed by atoms with van der Waals surface area (Å²) in [5, 5.41) is 3.69. The van der Waals surface area contributed by atoms with E-state index in [0.29, 0.717) is 13.2 Å². The predicted octanol–water partition coefficient (Wildman–Crippen LogP) is 4.93. The molecule has 144 valence electrons. The number of rotatable bonds is 8. The normalized spacial score (nSPS) is 11.7. The Hall–Kier alpha value is -3.50. The second-order valence-corrected chi connectivity index (χ2v) is 6.76. The molecule has 0 spiro atoms. The molecular formula is C25H23N3O. The fourth-order valence-corrected chi connectivity index (χ4v) is 3.28. The first-order chi connectivity index (χ1) is 14.4. The summed E-state index contributed by atoms with van der Waals surface area (Å²) in [5.41, 5.74) is 4.56. The number of hydrogen-bond acceptors (Lipinski definition) is 4. The molecule has 4 rings (SSSR count). The lowest BCUT2D eigenvalue weighted by atomic mass is 9.99. The van der Waals surface area contributed by atoms with Gasteiger partial charge in [-0.15, -0.1) is 0 Å². The molecule has 0 radical (unpaired) electrons. The lowest BCUT2D eigenvalue weighted by Crippen LogP contribution is -2.22. The van der Waals surface area contributed by atoms with Gasteiger partial charge in [-0.3, -0.25) is 9.97 Å². The molecule has 0 fully saturated rings. The standard InChI is InChI=1S/C25H23N3O/c1-2-8-21(9-3-1)25(22-12-15-26-16-13-22)28-18-23-10-4-5-11-24(23)29-19-20-7-6-14-27-17-20/h1-17,25,28H,18-19H2. The maximum Gasteiger partial charge on any atom is 0.124 e. The van der Waals surface area contributed by atoms with Crippen molar-refractivity contribution < 1.29 is 4.74 Å². The van der Waals surface area contributed by atoms with E-state index in [-0.39, 0.29) is 6.04 Å². The third-order valence-electron chi connectivity index (χ3n) is 4.76. The predicted molar refractivity (Wildman–Crippen MR) is 114 cm³/mol. The van der Waals surface area contributed by atoms with Gasteiger partial charge < -0.3 is 10.1 Å². The lowest BCUT2D eigenvalue weighted by Gasteiger charge is -2.21. The first-order valence-corrected chi connectivity index (χ1v) is 9.68. The topological polar surface area (TPSA) is 47.0 Å². The van der Waals surface area contributed by atoms with Gasteiger partial charge in [-0.25, -0.2) is 0 Å². The van der Waals surface area contributed by atoms with Crippen LogP contribution >= 0.6 is 0 Å². The quantitative estimate of drug-likeness (QED) is 0.470. The van der Waals surface area contributed by atoms with E-state index < -0.39 is 0 Å². The van der Waals surface area contributed by atoms with Gasteiger partial charge >= 0.3 is 0 Å². The van der Waals surface area contributed by atoms with Gasteiger partial charge in [-0.05, 0) is 35.4 Å². The monoisotopic (exact) mass is 381 g/mol. The van der Waals surface area contributed by atoms with Crippen LogP contribution in [-0.4, -0.2) is 9.97 Å². The highest BCUT2D eigenvalue weighted by molar-refractivity contribution is 5.35. The maximum atomic E-state index is 6.08. The van der Waals surface area contributed by atoms with Crippen molar-refractivity contribution >= 4 is 0 Å². The number of ether oxygens (including phenoxy) is 1. The molecule has 0 amide bonds. The van der Waals surface area contributed by atoms with Crippen LogP contribution in [-0.2, 0) is 13.2 Å². The van der Waals surface area contributed by atoms with Crippen LogP contribution in [0, 0.1) is 0 Å². The molecule has 2 aromatic heterocycles. The molecule has 29 heavy (non-hydrogen) atoms. The van der Waals surface area contributed by atoms with E-state index in [1.54, 1.807) is 6.20 Å². The average molecular weight is 381 g/mol. The SMILES string of the molecule is c1ccc(C(NCc2ccccc2OCc2cccnc2)c2ccncc2)cc1. The van der Waals surface area contributed by atoms with E-state index in [1.807, 2.05) is 55.0 Å². The Morgan fingerprint density at radius 2 is 1.48 bits per heavy atom. The van der Waals surface area contributed by atoms with E-state index in [2.05, 4.69) is 57.7 Å². The summed E-state index contributed by atoms with van der Waals surface area (Å²) >= 11 is 0. The fourth-order valence-electron chi connectivity index (χ4n) is 3.28. The molecule has 1 atom stereocenters. The van der Waals surface area contributed by atoms with Gasteiger partial charge in [0.15, 0.2) is 0 Å². The summed E-state index contributed by atoms with van der Waals surface area (Å²) in [6.07, 6.45) is 7.26. The zero-order valence-electron chi connectivity index (χ0n) is 16.1. The maximum absolute atomic E-state index is 6.08. The van der Waals surface area contributed by atoms with E-state index in [4.69, 9.17) is 4.74 Å². The number of nitrogens with zero attached hydrogens (tertiary/aromatic N) is 2. The summed E-state index contributed by atoms with van der Waals surface area (Å²) in [7, 11) is 0. The molecule has 2 heterocycles. The van der Waals surface area contributed by atoms with Gasteiger partial charge in [-0.2, -0.15) is 0 Å². The van der Waals surface area contributed by atoms with E-state index in [1.165, 1.54) is 11.1 Å². The summed E-state index contributed by atoms with van der Waals surface area (Å²) < 4.78 is 6.08. The van der Waals surface area contributed by atoms with E-state index >= 15 is 0 Å². The lowest BCUT2D eigenvalue weighted by molar-refractivity contribution is 0.301. The minimum atomic E-state index is 0.0746. The minimum absolute atomic E-state index is 0.0746. The van der Waals surface area contributed by atoms with Gasteiger partial charge in [-0.1, -0.05) is 54.6 Å². The van der Waals surface area contributed by atoms with Crippen LogP contribution in [0.2, 0.25) is 0 Å². The Morgan fingerprint density at radius 3 is 2.28 bits per heavy atom. The summed E-state index contributed by atoms with van der Waals surface area (Å²) in [6.45, 7) is 1.18. The van der Waals surface area contributed by atoms with Crippen LogP contribution in [0.4, 0.5) is 0 Å². The molecule has 2 aromatic carbocycles. The number of hydrogen-bond donors (Lipinski definition) is 1. The minimum Gasteiger partial charge on any atom is -0.489 e. The summed E-state index contributed by atoms with van der Waals surface area (Å²) in [5.74, 6) is 0.880. The van der Waals surface area contributed by atoms with Crippen molar-refractivity contribution in [3.05, 3.63) is 126 Å². The van der Waals surface area contributed by atoms with Crippen molar-refractivity contribution in [3.63, 3.8) is 0 Å². The van der Waals surface area contributed by atoms with Gasteiger partial charge in [0.25, 0.3) is 0 Å². The zero-order chi connectivity index (χ0) is 19.7. The van der Waals surface area contributed by atoms with Crippen LogP contribution in [0.15, 0.2) is 104 Å². The Balaban J connectivity index is 1.51. The smallest absolute Gasteiger partial charge is 0.124 e. The highest BCUT2D eigenvalue weighted by atomic mass is 16.5. The Morgan fingerprint density at radius 1 is 0.724 bits per heavy atom. The van der Waals surface area contributed by atoms with Crippen molar-refractivity contribution in [3.8, 4) is 5.75 Å². The van der Waals surface area contributed by atoms with Crippen LogP contribution in [0.25, 0.3) is 0 Å². The van der Waals surface area contributed by atoms with Crippen molar-refractivity contribution in [1.29, 1.82) is 0 Å². The largest absolute Gasteiger partial charge is 0.489 e. The number of pyridine rings is 2. The summed E-state index contributed by atoms with van der Waals surface area (Å²) in [6, 6.07) is 26.7. The molecule has 0 saturated carbocycles. The number of para-hydroxylation sites is 1. The van der Waals surface area contributed by atoms with Crippen molar-refractivity contribution in [2.24, 2.45) is 0 Å². The average Bonchev–Trinajstić information content (AvgIpc) is 2.81. The van der Waals surface area contributed by atoms with Gasteiger partial charge in [0.2, 0.25) is 0 Å². The van der Waals surface area contributed by atoms with E-state index in [9.17, 15) is 0 Å². The molecule has 0 aliphatic carbocycles. The molecule has 1 unspecified atom stereocenters. The molecule has 0 bridgehead atoms. The third-order valence-corrected chi connectivity index (χ3v) is 4.76. The first kappa shape index (κ1) is 18.8. The van der Waals surface area contributed by atoms with Crippen LogP contribution < -0.4 is 10.1 Å². The van der Waals surface area contributed by atoms with Crippen LogP contribution in [0.3, 0.4) is 0 Å². The Kier molecular flexibility index (Phi) is 6.25. The van der Waals surface area contributed by atoms with Gasteiger partial charge in [0, 0.05) is 42.5 Å². The molecule has 4 aromatic rings. The third kappa shape index (κ3) is 5.06. The second kappa shape index (κ2) is 9.62. The molecule has 4 nitrogen and oxygen atoms in total. The highest BCUT2D eigenvalue weighted by Crippen LogP contribution is 2.24. The van der Waals surface area contributed by atoms with Gasteiger partial charge in [0.1, 0.15) is 12.4 Å². The summed E-state index contributed by atoms with van der Waals surface area (Å²) in [4.78, 5) is 8.30. The van der Waals surface area contributed by atoms with Crippen LogP contribution in [0.1, 0.15) is 28.3 Å². The first-order valence-electron chi connectivity index (χ1n) is 9.68. The second-order valence-electron chi connectivity index (χ2n) is 6.76. The number of aromatic nitrogens is 2. The number of benzene rings is 2.